The monoisotopic (exact) mass is 581 g/mol. The molecule has 1 heterocycles. The zero-order valence-electron chi connectivity index (χ0n) is 25.5. The Hall–Kier alpha value is -3.87. The maximum absolute atomic E-state index is 12.9. The van der Waals surface area contributed by atoms with E-state index < -0.39 is 5.60 Å². The molecule has 4 aromatic rings. The first kappa shape index (κ1) is 30.6. The van der Waals surface area contributed by atoms with Crippen LogP contribution in [0.3, 0.4) is 0 Å². The average Bonchev–Trinajstić information content (AvgIpc) is 3.01. The van der Waals surface area contributed by atoms with Crippen molar-refractivity contribution in [2.24, 2.45) is 0 Å². The quantitative estimate of drug-likeness (QED) is 0.169. The summed E-state index contributed by atoms with van der Waals surface area (Å²) in [5, 5.41) is 2.40. The molecule has 2 unspecified atom stereocenters. The van der Waals surface area contributed by atoms with Gasteiger partial charge >= 0.3 is 6.09 Å². The van der Waals surface area contributed by atoms with E-state index in [1.165, 1.54) is 21.9 Å². The van der Waals surface area contributed by atoms with Crippen LogP contribution in [0.5, 0.6) is 5.75 Å². The molecule has 0 saturated carbocycles. The third-order valence-electron chi connectivity index (χ3n) is 7.67. The second-order valence-electron chi connectivity index (χ2n) is 12.1. The Morgan fingerprint density at radius 1 is 0.814 bits per heavy atom. The van der Waals surface area contributed by atoms with Gasteiger partial charge in [-0.25, -0.2) is 4.79 Å². The summed E-state index contributed by atoms with van der Waals surface area (Å²) in [6.45, 7) is 8.97. The van der Waals surface area contributed by atoms with E-state index in [-0.39, 0.29) is 18.1 Å². The molecule has 0 radical (unpaired) electrons. The van der Waals surface area contributed by atoms with Crippen LogP contribution in [0.15, 0.2) is 97.1 Å². The van der Waals surface area contributed by atoms with E-state index in [0.29, 0.717) is 39.5 Å². The van der Waals surface area contributed by atoms with Gasteiger partial charge in [-0.15, -0.1) is 0 Å². The molecule has 0 bridgehead atoms. The van der Waals surface area contributed by atoms with Crippen LogP contribution in [0.2, 0.25) is 0 Å². The molecule has 1 aliphatic rings. The summed E-state index contributed by atoms with van der Waals surface area (Å²) in [5.41, 5.74) is 3.02. The second-order valence-corrected chi connectivity index (χ2v) is 12.1. The van der Waals surface area contributed by atoms with Gasteiger partial charge in [-0.3, -0.25) is 0 Å². The van der Waals surface area contributed by atoms with E-state index in [1.807, 2.05) is 57.2 Å². The van der Waals surface area contributed by atoms with E-state index in [2.05, 4.69) is 60.7 Å². The van der Waals surface area contributed by atoms with Crippen LogP contribution in [0.1, 0.15) is 49.8 Å². The van der Waals surface area contributed by atoms with E-state index in [4.69, 9.17) is 18.9 Å². The lowest BCUT2D eigenvalue weighted by Gasteiger charge is -2.39. The first-order valence-electron chi connectivity index (χ1n) is 15.3. The van der Waals surface area contributed by atoms with E-state index >= 15 is 0 Å². The third-order valence-corrected chi connectivity index (χ3v) is 7.67. The number of hydrogen-bond acceptors (Lipinski definition) is 5. The van der Waals surface area contributed by atoms with Gasteiger partial charge in [-0.05, 0) is 79.3 Å². The summed E-state index contributed by atoms with van der Waals surface area (Å²) < 4.78 is 23.9. The van der Waals surface area contributed by atoms with Gasteiger partial charge in [0, 0.05) is 12.5 Å². The number of amides is 1. The third kappa shape index (κ3) is 9.06. The van der Waals surface area contributed by atoms with Crippen LogP contribution in [0.25, 0.3) is 10.8 Å². The number of piperidine rings is 1. The van der Waals surface area contributed by atoms with Crippen molar-refractivity contribution in [2.75, 3.05) is 32.9 Å². The van der Waals surface area contributed by atoms with Crippen LogP contribution in [-0.2, 0) is 27.2 Å². The fraction of sp³-hybridized carbons (Fsp3) is 0.378. The number of hydrogen-bond donors (Lipinski definition) is 0. The predicted molar refractivity (Wildman–Crippen MR) is 171 cm³/mol. The van der Waals surface area contributed by atoms with Crippen molar-refractivity contribution in [2.45, 2.75) is 57.8 Å². The number of ether oxygens (including phenoxy) is 4. The first-order valence-corrected chi connectivity index (χ1v) is 15.3. The molecule has 1 aliphatic heterocycles. The van der Waals surface area contributed by atoms with Gasteiger partial charge in [-0.2, -0.15) is 0 Å². The highest BCUT2D eigenvalue weighted by atomic mass is 16.6. The summed E-state index contributed by atoms with van der Waals surface area (Å²) >= 11 is 0. The standard InChI is InChI=1S/C37H43NO5/c1-37(2,3)43-36(39)38-21-19-34(35(26-38)42-27-29-13-14-30-11-7-8-12-32(30)25-29)31-15-17-33(18-16-31)41-24-23-40-22-20-28-9-5-4-6-10-28/h4-18,25,34-35H,19-24,26-27H2,1-3H3. The largest absolute Gasteiger partial charge is 0.491 e. The Morgan fingerprint density at radius 3 is 2.33 bits per heavy atom. The summed E-state index contributed by atoms with van der Waals surface area (Å²) in [6, 6.07) is 33.4. The Bertz CT molecular complexity index is 1450. The van der Waals surface area contributed by atoms with Crippen LogP contribution in [-0.4, -0.2) is 55.6 Å². The van der Waals surface area contributed by atoms with E-state index in [1.54, 1.807) is 4.90 Å². The Morgan fingerprint density at radius 2 is 1.56 bits per heavy atom. The van der Waals surface area contributed by atoms with E-state index in [9.17, 15) is 4.79 Å². The molecule has 6 heteroatoms. The molecule has 0 aromatic heterocycles. The van der Waals surface area contributed by atoms with Crippen LogP contribution in [0, 0.1) is 0 Å². The summed E-state index contributed by atoms with van der Waals surface area (Å²) in [6.07, 6.45) is 1.22. The fourth-order valence-electron chi connectivity index (χ4n) is 5.46. The van der Waals surface area contributed by atoms with Gasteiger partial charge in [0.25, 0.3) is 0 Å². The molecule has 1 saturated heterocycles. The lowest BCUT2D eigenvalue weighted by Crippen LogP contribution is -2.48. The second kappa shape index (κ2) is 14.5. The van der Waals surface area contributed by atoms with Gasteiger partial charge in [-0.1, -0.05) is 78.9 Å². The number of likely N-dealkylation sites (tertiary alicyclic amines) is 1. The number of benzene rings is 4. The highest BCUT2D eigenvalue weighted by Crippen LogP contribution is 2.33. The first-order chi connectivity index (χ1) is 20.8. The highest BCUT2D eigenvalue weighted by Gasteiger charge is 2.35. The molecule has 5 rings (SSSR count). The molecule has 2 atom stereocenters. The summed E-state index contributed by atoms with van der Waals surface area (Å²) in [5.74, 6) is 0.963. The van der Waals surface area contributed by atoms with Crippen LogP contribution >= 0.6 is 0 Å². The molecule has 1 fully saturated rings. The van der Waals surface area contributed by atoms with Crippen molar-refractivity contribution >= 4 is 16.9 Å². The number of nitrogens with zero attached hydrogens (tertiary/aromatic N) is 1. The summed E-state index contributed by atoms with van der Waals surface area (Å²) in [4.78, 5) is 14.7. The zero-order valence-corrected chi connectivity index (χ0v) is 25.5. The Labute approximate surface area is 255 Å². The van der Waals surface area contributed by atoms with Crippen LogP contribution in [0.4, 0.5) is 4.79 Å². The maximum Gasteiger partial charge on any atom is 0.410 e. The minimum absolute atomic E-state index is 0.148. The fourth-order valence-corrected chi connectivity index (χ4v) is 5.46. The molecule has 43 heavy (non-hydrogen) atoms. The maximum atomic E-state index is 12.9. The topological polar surface area (TPSA) is 57.2 Å². The smallest absolute Gasteiger partial charge is 0.410 e. The van der Waals surface area contributed by atoms with Crippen molar-refractivity contribution in [3.8, 4) is 5.75 Å². The van der Waals surface area contributed by atoms with Crippen LogP contribution < -0.4 is 4.74 Å². The van der Waals surface area contributed by atoms with Crippen molar-refractivity contribution in [1.82, 2.24) is 4.90 Å². The summed E-state index contributed by atoms with van der Waals surface area (Å²) in [7, 11) is 0. The van der Waals surface area contributed by atoms with Crippen molar-refractivity contribution < 1.29 is 23.7 Å². The Kier molecular flexibility index (Phi) is 10.3. The molecule has 0 spiro atoms. The number of carbonyl (C=O) groups is 1. The lowest BCUT2D eigenvalue weighted by molar-refractivity contribution is -0.0359. The minimum atomic E-state index is -0.544. The number of carbonyl (C=O) groups excluding carboxylic acids is 1. The average molecular weight is 582 g/mol. The van der Waals surface area contributed by atoms with Gasteiger partial charge in [0.2, 0.25) is 0 Å². The van der Waals surface area contributed by atoms with Crippen molar-refractivity contribution in [1.29, 1.82) is 0 Å². The zero-order chi connectivity index (χ0) is 30.1. The number of fused-ring (bicyclic) bond motifs is 1. The van der Waals surface area contributed by atoms with Gasteiger partial charge in [0.1, 0.15) is 18.0 Å². The molecule has 4 aromatic carbocycles. The van der Waals surface area contributed by atoms with Gasteiger partial charge in [0.05, 0.1) is 32.5 Å². The highest BCUT2D eigenvalue weighted by molar-refractivity contribution is 5.82. The van der Waals surface area contributed by atoms with Gasteiger partial charge < -0.3 is 23.8 Å². The SMILES string of the molecule is CC(C)(C)OC(=O)N1CCC(c2ccc(OCCOCCc3ccccc3)cc2)C(OCc2ccc3ccccc3c2)C1. The molecular formula is C37H43NO5. The number of rotatable bonds is 11. The molecule has 0 aliphatic carbocycles. The molecule has 0 N–H and O–H groups in total. The van der Waals surface area contributed by atoms with Gasteiger partial charge in [0.15, 0.2) is 0 Å². The molecular weight excluding hydrogens is 538 g/mol. The van der Waals surface area contributed by atoms with Crippen molar-refractivity contribution in [3.05, 3.63) is 114 Å². The lowest BCUT2D eigenvalue weighted by atomic mass is 9.87. The minimum Gasteiger partial charge on any atom is -0.491 e. The molecule has 1 amide bonds. The van der Waals surface area contributed by atoms with Crippen molar-refractivity contribution in [3.63, 3.8) is 0 Å². The molecule has 6 nitrogen and oxygen atoms in total. The molecule has 226 valence electrons. The Balaban J connectivity index is 1.18. The predicted octanol–water partition coefficient (Wildman–Crippen LogP) is 7.79. The van der Waals surface area contributed by atoms with E-state index in [0.717, 1.165) is 24.2 Å². The normalized spacial score (nSPS) is 17.1.